The number of aliphatic hydroxyl groups is 1. The van der Waals surface area contributed by atoms with Gasteiger partial charge in [-0.3, -0.25) is 0 Å². The summed E-state index contributed by atoms with van der Waals surface area (Å²) in [6, 6.07) is 0. The van der Waals surface area contributed by atoms with Gasteiger partial charge in [-0.05, 0) is 37.5 Å². The van der Waals surface area contributed by atoms with Crippen LogP contribution in [0.1, 0.15) is 65.2 Å². The molecule has 2 atom stereocenters. The highest BCUT2D eigenvalue weighted by atomic mass is 16.3. The Hall–Kier alpha value is -0.300. The largest absolute Gasteiger partial charge is 0.389 e. The molecule has 16 heavy (non-hydrogen) atoms. The van der Waals surface area contributed by atoms with Crippen LogP contribution in [0.2, 0.25) is 0 Å². The van der Waals surface area contributed by atoms with E-state index < -0.39 is 0 Å². The molecular formula is C15H28O. The molecule has 0 aromatic carbocycles. The predicted octanol–water partition coefficient (Wildman–Crippen LogP) is 4.31. The second-order valence-corrected chi connectivity index (χ2v) is 5.68. The summed E-state index contributed by atoms with van der Waals surface area (Å²) in [6.07, 6.45) is 12.1. The third kappa shape index (κ3) is 3.93. The van der Waals surface area contributed by atoms with Crippen LogP contribution in [-0.2, 0) is 0 Å². The Bertz CT molecular complexity index is 209. The Morgan fingerprint density at radius 2 is 1.88 bits per heavy atom. The molecule has 1 fully saturated rings. The molecule has 0 aromatic heterocycles. The maximum atomic E-state index is 10.1. The molecule has 1 saturated carbocycles. The second kappa shape index (κ2) is 6.44. The van der Waals surface area contributed by atoms with Gasteiger partial charge < -0.3 is 5.11 Å². The van der Waals surface area contributed by atoms with Crippen molar-refractivity contribution in [3.8, 4) is 0 Å². The van der Waals surface area contributed by atoms with Crippen LogP contribution in [-0.4, -0.2) is 10.7 Å². The van der Waals surface area contributed by atoms with E-state index in [9.17, 15) is 5.11 Å². The monoisotopic (exact) mass is 224 g/mol. The van der Waals surface area contributed by atoms with Gasteiger partial charge in [-0.25, -0.2) is 0 Å². The van der Waals surface area contributed by atoms with Crippen LogP contribution >= 0.6 is 0 Å². The lowest BCUT2D eigenvalue weighted by molar-refractivity contribution is 0.0796. The van der Waals surface area contributed by atoms with Crippen LogP contribution in [0.3, 0.4) is 0 Å². The summed E-state index contributed by atoms with van der Waals surface area (Å²) in [5.41, 5.74) is -0.303. The molecule has 1 aliphatic carbocycles. The van der Waals surface area contributed by atoms with Gasteiger partial charge in [-0.15, -0.1) is 6.58 Å². The van der Waals surface area contributed by atoms with Gasteiger partial charge in [-0.1, -0.05) is 45.6 Å². The summed E-state index contributed by atoms with van der Waals surface area (Å²) in [5.74, 6) is 1.03. The van der Waals surface area contributed by atoms with Crippen LogP contribution < -0.4 is 0 Å². The van der Waals surface area contributed by atoms with Gasteiger partial charge in [-0.2, -0.15) is 0 Å². The van der Waals surface area contributed by atoms with Crippen LogP contribution in [0.5, 0.6) is 0 Å². The molecule has 1 rings (SSSR count). The van der Waals surface area contributed by atoms with Crippen molar-refractivity contribution in [1.82, 2.24) is 0 Å². The van der Waals surface area contributed by atoms with E-state index in [4.69, 9.17) is 0 Å². The fourth-order valence-electron chi connectivity index (χ4n) is 2.60. The Morgan fingerprint density at radius 1 is 1.25 bits per heavy atom. The Morgan fingerprint density at radius 3 is 2.44 bits per heavy atom. The van der Waals surface area contributed by atoms with Crippen LogP contribution in [0.25, 0.3) is 0 Å². The van der Waals surface area contributed by atoms with Gasteiger partial charge in [0.25, 0.3) is 0 Å². The summed E-state index contributed by atoms with van der Waals surface area (Å²) < 4.78 is 0. The van der Waals surface area contributed by atoms with Gasteiger partial charge >= 0.3 is 0 Å². The first-order chi connectivity index (χ1) is 7.61. The van der Waals surface area contributed by atoms with E-state index in [1.165, 1.54) is 38.5 Å². The molecule has 94 valence electrons. The van der Waals surface area contributed by atoms with Gasteiger partial charge in [0.15, 0.2) is 0 Å². The van der Waals surface area contributed by atoms with Crippen LogP contribution in [0.15, 0.2) is 12.7 Å². The molecule has 0 unspecified atom stereocenters. The average molecular weight is 224 g/mol. The average Bonchev–Trinajstić information content (AvgIpc) is 2.90. The lowest BCUT2D eigenvalue weighted by atomic mass is 9.99. The summed E-state index contributed by atoms with van der Waals surface area (Å²) in [4.78, 5) is 0. The smallest absolute Gasteiger partial charge is 0.0703 e. The van der Waals surface area contributed by atoms with E-state index in [-0.39, 0.29) is 5.60 Å². The molecule has 1 N–H and O–H groups in total. The van der Waals surface area contributed by atoms with Crippen molar-refractivity contribution in [3.05, 3.63) is 12.7 Å². The fourth-order valence-corrected chi connectivity index (χ4v) is 2.60. The Balaban J connectivity index is 1.92. The van der Waals surface area contributed by atoms with Crippen LogP contribution in [0, 0.1) is 11.8 Å². The van der Waals surface area contributed by atoms with E-state index >= 15 is 0 Å². The van der Waals surface area contributed by atoms with Crippen molar-refractivity contribution in [2.75, 3.05) is 0 Å². The molecule has 0 aliphatic heterocycles. The Kier molecular flexibility index (Phi) is 5.54. The van der Waals surface area contributed by atoms with Crippen molar-refractivity contribution < 1.29 is 5.11 Å². The minimum absolute atomic E-state index is 0.303. The first-order valence-electron chi connectivity index (χ1n) is 6.94. The number of hydrogen-bond donors (Lipinski definition) is 1. The molecule has 0 radical (unpaired) electrons. The topological polar surface area (TPSA) is 20.2 Å². The van der Waals surface area contributed by atoms with Crippen molar-refractivity contribution in [1.29, 1.82) is 0 Å². The highest BCUT2D eigenvalue weighted by Crippen LogP contribution is 2.51. The van der Waals surface area contributed by atoms with E-state index in [1.807, 2.05) is 6.08 Å². The standard InChI is InChI=1S/C15H28O/c1-4-5-6-7-8-9-10-11-14-12-15(14,16)13(2)3/h4,13-14,16H,1,5-12H2,2-3H3/t14-,15-/m1/s1. The minimum atomic E-state index is -0.303. The van der Waals surface area contributed by atoms with E-state index in [0.29, 0.717) is 11.8 Å². The molecule has 0 saturated heterocycles. The quantitative estimate of drug-likeness (QED) is 0.457. The maximum Gasteiger partial charge on any atom is 0.0703 e. The maximum absolute atomic E-state index is 10.1. The van der Waals surface area contributed by atoms with Gasteiger partial charge in [0.2, 0.25) is 0 Å². The van der Waals surface area contributed by atoms with Gasteiger partial charge in [0, 0.05) is 0 Å². The zero-order chi connectivity index (χ0) is 12.0. The zero-order valence-electron chi connectivity index (χ0n) is 11.0. The molecule has 0 spiro atoms. The third-order valence-electron chi connectivity index (χ3n) is 4.08. The van der Waals surface area contributed by atoms with Crippen LogP contribution in [0.4, 0.5) is 0 Å². The Labute approximate surface area is 101 Å². The first-order valence-corrected chi connectivity index (χ1v) is 6.94. The van der Waals surface area contributed by atoms with Gasteiger partial charge in [0.1, 0.15) is 0 Å². The van der Waals surface area contributed by atoms with Crippen molar-refractivity contribution in [2.24, 2.45) is 11.8 Å². The highest BCUT2D eigenvalue weighted by molar-refractivity contribution is 5.04. The van der Waals surface area contributed by atoms with E-state index in [1.54, 1.807) is 0 Å². The van der Waals surface area contributed by atoms with Crippen molar-refractivity contribution in [3.63, 3.8) is 0 Å². The molecular weight excluding hydrogens is 196 g/mol. The minimum Gasteiger partial charge on any atom is -0.389 e. The lowest BCUT2D eigenvalue weighted by Gasteiger charge is -2.14. The summed E-state index contributed by atoms with van der Waals surface area (Å²) >= 11 is 0. The number of rotatable bonds is 9. The molecule has 0 aromatic rings. The highest BCUT2D eigenvalue weighted by Gasteiger charge is 2.53. The molecule has 1 heteroatoms. The van der Waals surface area contributed by atoms with Crippen molar-refractivity contribution in [2.45, 2.75) is 70.8 Å². The molecule has 0 amide bonds. The third-order valence-corrected chi connectivity index (χ3v) is 4.08. The van der Waals surface area contributed by atoms with Gasteiger partial charge in [0.05, 0.1) is 5.60 Å². The number of unbranched alkanes of at least 4 members (excludes halogenated alkanes) is 5. The SMILES string of the molecule is C=CCCCCCCC[C@@H]1C[C@@]1(O)C(C)C. The molecule has 1 nitrogen and oxygen atoms in total. The fraction of sp³-hybridized carbons (Fsp3) is 0.867. The summed E-state index contributed by atoms with van der Waals surface area (Å²) in [7, 11) is 0. The second-order valence-electron chi connectivity index (χ2n) is 5.68. The zero-order valence-corrected chi connectivity index (χ0v) is 11.0. The number of hydrogen-bond acceptors (Lipinski definition) is 1. The lowest BCUT2D eigenvalue weighted by Crippen LogP contribution is -2.19. The van der Waals surface area contributed by atoms with E-state index in [0.717, 1.165) is 12.8 Å². The van der Waals surface area contributed by atoms with Crippen molar-refractivity contribution >= 4 is 0 Å². The summed E-state index contributed by atoms with van der Waals surface area (Å²) in [5, 5.41) is 10.1. The first kappa shape index (κ1) is 13.8. The number of allylic oxidation sites excluding steroid dienone is 1. The normalized spacial score (nSPS) is 28.4. The molecule has 0 heterocycles. The predicted molar refractivity (Wildman–Crippen MR) is 70.4 cm³/mol. The van der Waals surface area contributed by atoms with E-state index in [2.05, 4.69) is 20.4 Å². The molecule has 1 aliphatic rings. The molecule has 0 bridgehead atoms. The summed E-state index contributed by atoms with van der Waals surface area (Å²) in [6.45, 7) is 8.00.